The first kappa shape index (κ1) is 25.4. The van der Waals surface area contributed by atoms with Crippen LogP contribution in [0.1, 0.15) is 50.5 Å². The highest BCUT2D eigenvalue weighted by Crippen LogP contribution is 2.26. The quantitative estimate of drug-likeness (QED) is 0.221. The van der Waals surface area contributed by atoms with Crippen LogP contribution in [0.3, 0.4) is 0 Å². The highest BCUT2D eigenvalue weighted by molar-refractivity contribution is 5.85. The van der Waals surface area contributed by atoms with Crippen molar-refractivity contribution in [3.63, 3.8) is 0 Å². The first-order chi connectivity index (χ1) is 18.6. The lowest BCUT2D eigenvalue weighted by Crippen LogP contribution is -2.38. The third-order valence-electron chi connectivity index (χ3n) is 7.18. The van der Waals surface area contributed by atoms with Crippen molar-refractivity contribution >= 4 is 27.6 Å². The molecule has 5 rings (SSSR count). The SMILES string of the molecule is CCCCC(=O)N(CCc1ccccc1)C(C)c1nc2ccccc2c(=O)n1-c1ccc2ccccc2c1. The van der Waals surface area contributed by atoms with Crippen molar-refractivity contribution in [2.24, 2.45) is 0 Å². The van der Waals surface area contributed by atoms with Crippen LogP contribution in [-0.2, 0) is 11.2 Å². The van der Waals surface area contributed by atoms with Crippen LogP contribution in [0.2, 0.25) is 0 Å². The summed E-state index contributed by atoms with van der Waals surface area (Å²) in [6.07, 6.45) is 2.99. The minimum absolute atomic E-state index is 0.0859. The van der Waals surface area contributed by atoms with Gasteiger partial charge in [-0.2, -0.15) is 0 Å². The normalized spacial score (nSPS) is 12.1. The van der Waals surface area contributed by atoms with E-state index >= 15 is 0 Å². The van der Waals surface area contributed by atoms with E-state index in [2.05, 4.69) is 25.1 Å². The predicted octanol–water partition coefficient (Wildman–Crippen LogP) is 6.86. The van der Waals surface area contributed by atoms with Crippen molar-refractivity contribution in [1.82, 2.24) is 14.5 Å². The van der Waals surface area contributed by atoms with Crippen LogP contribution in [-0.4, -0.2) is 26.9 Å². The number of carbonyl (C=O) groups is 1. The maximum absolute atomic E-state index is 14.0. The Morgan fingerprint density at radius 3 is 2.39 bits per heavy atom. The summed E-state index contributed by atoms with van der Waals surface area (Å²) in [7, 11) is 0. The van der Waals surface area contributed by atoms with Gasteiger partial charge in [0, 0.05) is 13.0 Å². The molecule has 1 heterocycles. The lowest BCUT2D eigenvalue weighted by atomic mass is 10.1. The van der Waals surface area contributed by atoms with Crippen LogP contribution in [0, 0.1) is 0 Å². The van der Waals surface area contributed by atoms with Crippen molar-refractivity contribution in [3.05, 3.63) is 119 Å². The lowest BCUT2D eigenvalue weighted by molar-refractivity contribution is -0.133. The van der Waals surface area contributed by atoms with Gasteiger partial charge < -0.3 is 4.90 Å². The Morgan fingerprint density at radius 2 is 1.61 bits per heavy atom. The summed E-state index contributed by atoms with van der Waals surface area (Å²) < 4.78 is 1.70. The molecule has 1 atom stereocenters. The molecule has 0 aliphatic heterocycles. The Labute approximate surface area is 223 Å². The Kier molecular flexibility index (Phi) is 7.64. The Balaban J connectivity index is 1.63. The van der Waals surface area contributed by atoms with E-state index in [1.165, 1.54) is 5.56 Å². The average molecular weight is 504 g/mol. The van der Waals surface area contributed by atoms with Gasteiger partial charge in [0.15, 0.2) is 0 Å². The van der Waals surface area contributed by atoms with Crippen LogP contribution in [0.5, 0.6) is 0 Å². The van der Waals surface area contributed by atoms with E-state index in [-0.39, 0.29) is 11.5 Å². The fraction of sp³-hybridized carbons (Fsp3) is 0.242. The molecule has 1 unspecified atom stereocenters. The molecule has 1 aromatic heterocycles. The number of nitrogens with zero attached hydrogens (tertiary/aromatic N) is 3. The minimum atomic E-state index is -0.396. The van der Waals surface area contributed by atoms with Gasteiger partial charge in [-0.25, -0.2) is 4.98 Å². The number of aromatic nitrogens is 2. The van der Waals surface area contributed by atoms with Gasteiger partial charge in [0.1, 0.15) is 5.82 Å². The second kappa shape index (κ2) is 11.4. The molecule has 192 valence electrons. The molecule has 0 aliphatic rings. The Morgan fingerprint density at radius 1 is 0.895 bits per heavy atom. The molecule has 0 fully saturated rings. The van der Waals surface area contributed by atoms with Gasteiger partial charge in [0.05, 0.1) is 22.6 Å². The fourth-order valence-electron chi connectivity index (χ4n) is 5.04. The predicted molar refractivity (Wildman–Crippen MR) is 155 cm³/mol. The zero-order valence-corrected chi connectivity index (χ0v) is 22.0. The second-order valence-corrected chi connectivity index (χ2v) is 9.76. The summed E-state index contributed by atoms with van der Waals surface area (Å²) in [6.45, 7) is 4.63. The first-order valence-corrected chi connectivity index (χ1v) is 13.4. The molecule has 1 amide bonds. The molecular formula is C33H33N3O2. The van der Waals surface area contributed by atoms with Crippen LogP contribution >= 0.6 is 0 Å². The number of para-hydroxylation sites is 1. The summed E-state index contributed by atoms with van der Waals surface area (Å²) in [5.74, 6) is 0.657. The molecule has 0 saturated carbocycles. The molecule has 5 aromatic rings. The van der Waals surface area contributed by atoms with E-state index in [0.717, 1.165) is 35.7 Å². The lowest BCUT2D eigenvalue weighted by Gasteiger charge is -2.31. The average Bonchev–Trinajstić information content (AvgIpc) is 2.96. The van der Waals surface area contributed by atoms with Gasteiger partial charge in [-0.3, -0.25) is 14.2 Å². The summed E-state index contributed by atoms with van der Waals surface area (Å²) in [5, 5.41) is 2.71. The molecule has 0 bridgehead atoms. The molecule has 0 radical (unpaired) electrons. The number of amides is 1. The number of carbonyl (C=O) groups excluding carboxylic acids is 1. The molecule has 0 N–H and O–H groups in total. The third kappa shape index (κ3) is 5.23. The van der Waals surface area contributed by atoms with Gasteiger partial charge in [-0.1, -0.05) is 86.1 Å². The first-order valence-electron chi connectivity index (χ1n) is 13.4. The van der Waals surface area contributed by atoms with E-state index < -0.39 is 6.04 Å². The third-order valence-corrected chi connectivity index (χ3v) is 7.18. The number of hydrogen-bond acceptors (Lipinski definition) is 3. The van der Waals surface area contributed by atoms with E-state index in [1.54, 1.807) is 4.57 Å². The van der Waals surface area contributed by atoms with Gasteiger partial charge in [0.2, 0.25) is 5.91 Å². The maximum atomic E-state index is 14.0. The number of hydrogen-bond donors (Lipinski definition) is 0. The number of unbranched alkanes of at least 4 members (excludes halogenated alkanes) is 1. The van der Waals surface area contributed by atoms with Crippen molar-refractivity contribution in [2.45, 2.75) is 45.6 Å². The summed E-state index contributed by atoms with van der Waals surface area (Å²) >= 11 is 0. The van der Waals surface area contributed by atoms with Crippen LogP contribution in [0.25, 0.3) is 27.4 Å². The summed E-state index contributed by atoms with van der Waals surface area (Å²) in [5.41, 5.74) is 2.43. The zero-order chi connectivity index (χ0) is 26.5. The fourth-order valence-corrected chi connectivity index (χ4v) is 5.04. The minimum Gasteiger partial charge on any atom is -0.332 e. The summed E-state index contributed by atoms with van der Waals surface area (Å²) in [6, 6.07) is 31.4. The summed E-state index contributed by atoms with van der Waals surface area (Å²) in [4.78, 5) is 34.4. The highest BCUT2D eigenvalue weighted by Gasteiger charge is 2.26. The molecule has 0 aliphatic carbocycles. The topological polar surface area (TPSA) is 55.2 Å². The van der Waals surface area contributed by atoms with Gasteiger partial charge in [-0.05, 0) is 60.4 Å². The van der Waals surface area contributed by atoms with Crippen molar-refractivity contribution in [1.29, 1.82) is 0 Å². The van der Waals surface area contributed by atoms with Crippen molar-refractivity contribution in [2.75, 3.05) is 6.54 Å². The van der Waals surface area contributed by atoms with E-state index in [1.807, 2.05) is 90.7 Å². The van der Waals surface area contributed by atoms with Gasteiger partial charge in [-0.15, -0.1) is 0 Å². The van der Waals surface area contributed by atoms with Gasteiger partial charge >= 0.3 is 0 Å². The number of benzene rings is 4. The van der Waals surface area contributed by atoms with E-state index in [4.69, 9.17) is 4.98 Å². The highest BCUT2D eigenvalue weighted by atomic mass is 16.2. The van der Waals surface area contributed by atoms with Crippen molar-refractivity contribution in [3.8, 4) is 5.69 Å². The largest absolute Gasteiger partial charge is 0.332 e. The number of rotatable bonds is 9. The van der Waals surface area contributed by atoms with Crippen LogP contribution < -0.4 is 5.56 Å². The van der Waals surface area contributed by atoms with Crippen molar-refractivity contribution < 1.29 is 4.79 Å². The molecule has 4 aromatic carbocycles. The molecule has 5 nitrogen and oxygen atoms in total. The molecule has 0 saturated heterocycles. The Bertz CT molecular complexity index is 1620. The number of fused-ring (bicyclic) bond motifs is 2. The second-order valence-electron chi connectivity index (χ2n) is 9.76. The van der Waals surface area contributed by atoms with E-state index in [0.29, 0.717) is 29.7 Å². The molecule has 38 heavy (non-hydrogen) atoms. The standard InChI is InChI=1S/C33H33N3O2/c1-3-4-18-31(37)35(22-21-25-12-6-5-7-13-25)24(2)32-34-30-17-11-10-16-29(30)33(38)36(32)28-20-19-26-14-8-9-15-27(26)23-28/h5-17,19-20,23-24H,3-4,18,21-22H2,1-2H3. The smallest absolute Gasteiger partial charge is 0.266 e. The molecule has 5 heteroatoms. The van der Waals surface area contributed by atoms with E-state index in [9.17, 15) is 9.59 Å². The zero-order valence-electron chi connectivity index (χ0n) is 22.0. The molecule has 0 spiro atoms. The van der Waals surface area contributed by atoms with Crippen LogP contribution in [0.4, 0.5) is 0 Å². The maximum Gasteiger partial charge on any atom is 0.266 e. The Hall–Kier alpha value is -4.25. The monoisotopic (exact) mass is 503 g/mol. The van der Waals surface area contributed by atoms with Gasteiger partial charge in [0.25, 0.3) is 5.56 Å². The van der Waals surface area contributed by atoms with Crippen LogP contribution in [0.15, 0.2) is 102 Å². The molecular weight excluding hydrogens is 470 g/mol.